The Bertz CT molecular complexity index is 917. The predicted molar refractivity (Wildman–Crippen MR) is 113 cm³/mol. The number of aliphatic carboxylic acids is 1. The van der Waals surface area contributed by atoms with Gasteiger partial charge in [0.1, 0.15) is 11.3 Å². The summed E-state index contributed by atoms with van der Waals surface area (Å²) in [5, 5.41) is 13.7. The molecule has 1 aromatic rings. The van der Waals surface area contributed by atoms with Gasteiger partial charge in [0.2, 0.25) is 0 Å². The van der Waals surface area contributed by atoms with E-state index in [9.17, 15) is 14.7 Å². The van der Waals surface area contributed by atoms with E-state index in [4.69, 9.17) is 21.1 Å². The molecular weight excluding hydrogens is 408 g/mol. The highest BCUT2D eigenvalue weighted by molar-refractivity contribution is 6.33. The number of fused-ring (bicyclic) bond motifs is 3. The number of halogens is 1. The Balaban J connectivity index is 1.72. The Hall–Kier alpha value is -2.25. The highest BCUT2D eigenvalue weighted by Gasteiger charge is 2.60. The lowest BCUT2D eigenvalue weighted by molar-refractivity contribution is -0.134. The molecule has 0 bridgehead atoms. The first-order valence-corrected chi connectivity index (χ1v) is 10.6. The van der Waals surface area contributed by atoms with E-state index in [0.29, 0.717) is 29.2 Å². The first-order valence-electron chi connectivity index (χ1n) is 10.3. The number of ether oxygens (including phenoxy) is 2. The molecule has 1 spiro atoms. The van der Waals surface area contributed by atoms with Crippen LogP contribution in [0.25, 0.3) is 0 Å². The molecule has 0 aromatic heterocycles. The Morgan fingerprint density at radius 1 is 1.43 bits per heavy atom. The Kier molecular flexibility index (Phi) is 5.45. The summed E-state index contributed by atoms with van der Waals surface area (Å²) >= 11 is 6.28. The fourth-order valence-corrected chi connectivity index (χ4v) is 5.85. The number of carboxylic acid groups (broad SMARTS) is 1. The number of benzene rings is 1. The fourth-order valence-electron chi connectivity index (χ4n) is 5.62. The summed E-state index contributed by atoms with van der Waals surface area (Å²) in [6.45, 7) is 3.62. The van der Waals surface area contributed by atoms with Gasteiger partial charge in [-0.05, 0) is 36.8 Å². The van der Waals surface area contributed by atoms with E-state index in [1.54, 1.807) is 6.07 Å². The molecule has 2 fully saturated rings. The number of Topliss-reactive ketones (excluding diaryl/α,β-unsaturated/α-hetero) is 1. The maximum Gasteiger partial charge on any atom is 0.334 e. The number of hydrogen-bond acceptors (Lipinski definition) is 6. The zero-order valence-electron chi connectivity index (χ0n) is 17.4. The Morgan fingerprint density at radius 2 is 2.20 bits per heavy atom. The Morgan fingerprint density at radius 3 is 2.83 bits per heavy atom. The van der Waals surface area contributed by atoms with Crippen LogP contribution in [0.1, 0.15) is 36.5 Å². The number of piperidine rings is 1. The molecule has 162 valence electrons. The van der Waals surface area contributed by atoms with Gasteiger partial charge in [0.25, 0.3) is 0 Å². The van der Waals surface area contributed by atoms with Crippen LogP contribution in [-0.2, 0) is 9.53 Å². The van der Waals surface area contributed by atoms with Crippen LogP contribution >= 0.6 is 11.6 Å². The zero-order valence-corrected chi connectivity index (χ0v) is 18.2. The van der Waals surface area contributed by atoms with Crippen LogP contribution < -0.4 is 10.1 Å². The summed E-state index contributed by atoms with van der Waals surface area (Å²) in [7, 11) is 2.97. The van der Waals surface area contributed by atoms with Crippen molar-refractivity contribution in [2.45, 2.75) is 37.8 Å². The first kappa shape index (κ1) is 21.0. The molecule has 3 aliphatic heterocycles. The molecule has 2 unspecified atom stereocenters. The average Bonchev–Trinajstić information content (AvgIpc) is 3.23. The molecule has 1 aromatic carbocycles. The number of nitrogens with one attached hydrogen (secondary N) is 1. The molecular formula is C22H27ClN2O5. The van der Waals surface area contributed by atoms with Gasteiger partial charge in [0.05, 0.1) is 36.6 Å². The van der Waals surface area contributed by atoms with E-state index >= 15 is 0 Å². The van der Waals surface area contributed by atoms with Gasteiger partial charge in [0, 0.05) is 24.8 Å². The monoisotopic (exact) mass is 434 g/mol. The third kappa shape index (κ3) is 2.98. The average molecular weight is 435 g/mol. The fraction of sp³-hybridized carbons (Fsp3) is 0.545. The van der Waals surface area contributed by atoms with Crippen molar-refractivity contribution in [3.05, 3.63) is 34.6 Å². The van der Waals surface area contributed by atoms with Gasteiger partial charge in [-0.15, -0.1) is 0 Å². The van der Waals surface area contributed by atoms with E-state index in [2.05, 4.69) is 17.1 Å². The number of ketones is 1. The maximum absolute atomic E-state index is 13.7. The number of anilines is 1. The molecule has 0 radical (unpaired) electrons. The van der Waals surface area contributed by atoms with Crippen molar-refractivity contribution < 1.29 is 24.2 Å². The molecule has 4 rings (SSSR count). The standard InChI is InChI=1S/C22H27ClN2O5/c1-4-12-10-25-8-7-22(17(25)9-13(12)14(11-29-2)21(27)28)20(26)18-16(24-22)6-5-15(23)19(18)30-3/h5-6,11-13,17,24H,4,7-10H2,1-3H3,(H,27,28)/b14-11+/t12-,13+,17?,22?/m1/s1. The van der Waals surface area contributed by atoms with Gasteiger partial charge in [-0.1, -0.05) is 24.9 Å². The molecule has 7 nitrogen and oxygen atoms in total. The van der Waals surface area contributed by atoms with Crippen LogP contribution in [0.15, 0.2) is 24.0 Å². The van der Waals surface area contributed by atoms with Gasteiger partial charge in [-0.3, -0.25) is 9.69 Å². The highest BCUT2D eigenvalue weighted by atomic mass is 35.5. The number of carbonyl (C=O) groups is 2. The third-order valence-corrected chi connectivity index (χ3v) is 7.34. The van der Waals surface area contributed by atoms with Crippen LogP contribution in [0, 0.1) is 11.8 Å². The highest BCUT2D eigenvalue weighted by Crippen LogP contribution is 2.51. The topological polar surface area (TPSA) is 88.1 Å². The van der Waals surface area contributed by atoms with Crippen molar-refractivity contribution in [2.75, 3.05) is 32.6 Å². The molecule has 2 saturated heterocycles. The van der Waals surface area contributed by atoms with Crippen molar-refractivity contribution in [3.8, 4) is 5.75 Å². The van der Waals surface area contributed by atoms with Crippen molar-refractivity contribution >= 4 is 29.0 Å². The van der Waals surface area contributed by atoms with E-state index in [1.807, 2.05) is 6.07 Å². The van der Waals surface area contributed by atoms with Crippen molar-refractivity contribution in [2.24, 2.45) is 11.8 Å². The second-order valence-electron chi connectivity index (χ2n) is 8.31. The van der Waals surface area contributed by atoms with Crippen LogP contribution in [-0.4, -0.2) is 60.6 Å². The second kappa shape index (κ2) is 7.78. The van der Waals surface area contributed by atoms with E-state index in [1.165, 1.54) is 20.5 Å². The SMILES string of the molecule is CC[C@@H]1CN2CCC3(Nc4ccc(Cl)c(OC)c4C3=O)C2C[C@@H]1/C(=C\OC)C(=O)O. The summed E-state index contributed by atoms with van der Waals surface area (Å²) in [5.41, 5.74) is 0.693. The van der Waals surface area contributed by atoms with Gasteiger partial charge >= 0.3 is 5.97 Å². The van der Waals surface area contributed by atoms with Crippen LogP contribution in [0.4, 0.5) is 5.69 Å². The number of carbonyl (C=O) groups excluding carboxylic acids is 1. The number of methoxy groups -OCH3 is 2. The van der Waals surface area contributed by atoms with Crippen molar-refractivity contribution in [1.29, 1.82) is 0 Å². The number of hydrogen-bond donors (Lipinski definition) is 2. The minimum Gasteiger partial charge on any atom is -0.504 e. The minimum atomic E-state index is -0.969. The summed E-state index contributed by atoms with van der Waals surface area (Å²) in [6, 6.07) is 3.43. The van der Waals surface area contributed by atoms with E-state index in [-0.39, 0.29) is 29.2 Å². The molecule has 2 N–H and O–H groups in total. The molecule has 3 heterocycles. The second-order valence-corrected chi connectivity index (χ2v) is 8.72. The quantitative estimate of drug-likeness (QED) is 0.542. The zero-order chi connectivity index (χ0) is 21.6. The van der Waals surface area contributed by atoms with Crippen LogP contribution in [0.5, 0.6) is 5.75 Å². The first-order chi connectivity index (χ1) is 14.4. The van der Waals surface area contributed by atoms with Gasteiger partial charge < -0.3 is 19.9 Å². The van der Waals surface area contributed by atoms with Crippen molar-refractivity contribution in [1.82, 2.24) is 4.90 Å². The van der Waals surface area contributed by atoms with Crippen LogP contribution in [0.2, 0.25) is 5.02 Å². The minimum absolute atomic E-state index is 0.0226. The molecule has 30 heavy (non-hydrogen) atoms. The lowest BCUT2D eigenvalue weighted by atomic mass is 9.72. The predicted octanol–water partition coefficient (Wildman–Crippen LogP) is 3.43. The summed E-state index contributed by atoms with van der Waals surface area (Å²) in [5.74, 6) is -0.593. The number of nitrogens with zero attached hydrogens (tertiary/aromatic N) is 1. The lowest BCUT2D eigenvalue weighted by Crippen LogP contribution is -2.57. The van der Waals surface area contributed by atoms with E-state index < -0.39 is 11.5 Å². The summed E-state index contributed by atoms with van der Waals surface area (Å²) in [4.78, 5) is 28.0. The summed E-state index contributed by atoms with van der Waals surface area (Å²) in [6.07, 6.45) is 3.43. The molecule has 0 aliphatic carbocycles. The molecule has 3 aliphatic rings. The normalized spacial score (nSPS) is 30.7. The van der Waals surface area contributed by atoms with Crippen molar-refractivity contribution in [3.63, 3.8) is 0 Å². The molecule has 4 atom stereocenters. The molecule has 0 amide bonds. The number of rotatable bonds is 5. The van der Waals surface area contributed by atoms with Gasteiger partial charge in [0.15, 0.2) is 5.78 Å². The summed E-state index contributed by atoms with van der Waals surface area (Å²) < 4.78 is 10.5. The maximum atomic E-state index is 13.7. The number of carboxylic acids is 1. The Labute approximate surface area is 181 Å². The third-order valence-electron chi connectivity index (χ3n) is 7.04. The molecule has 0 saturated carbocycles. The largest absolute Gasteiger partial charge is 0.504 e. The van der Waals surface area contributed by atoms with Crippen LogP contribution in [0.3, 0.4) is 0 Å². The smallest absolute Gasteiger partial charge is 0.334 e. The van der Waals surface area contributed by atoms with Gasteiger partial charge in [-0.2, -0.15) is 0 Å². The van der Waals surface area contributed by atoms with Gasteiger partial charge in [-0.25, -0.2) is 4.79 Å². The lowest BCUT2D eigenvalue weighted by Gasteiger charge is -2.45. The molecule has 8 heteroatoms. The van der Waals surface area contributed by atoms with E-state index in [0.717, 1.165) is 25.2 Å².